The number of amides is 1. The predicted octanol–water partition coefficient (Wildman–Crippen LogP) is 3.96. The molecule has 166 valence electrons. The molecule has 0 saturated carbocycles. The van der Waals surface area contributed by atoms with E-state index in [0.29, 0.717) is 31.2 Å². The number of Topliss-reactive ketones (excluding diaryl/α,β-unsaturated/α-hetero) is 2. The molecule has 0 unspecified atom stereocenters. The highest BCUT2D eigenvalue weighted by Gasteiger charge is 2.23. The molecule has 1 amide bonds. The van der Waals surface area contributed by atoms with Crippen molar-refractivity contribution in [2.75, 3.05) is 0 Å². The van der Waals surface area contributed by atoms with Gasteiger partial charge in [0.25, 0.3) is 0 Å². The fourth-order valence-corrected chi connectivity index (χ4v) is 3.32. The highest BCUT2D eigenvalue weighted by Crippen LogP contribution is 2.19. The van der Waals surface area contributed by atoms with E-state index in [1.165, 1.54) is 0 Å². The van der Waals surface area contributed by atoms with E-state index in [1.807, 2.05) is 13.8 Å². The number of carboxylic acids is 1. The summed E-state index contributed by atoms with van der Waals surface area (Å²) in [6.45, 7) is 3.86. The number of rotatable bonds is 15. The lowest BCUT2D eigenvalue weighted by atomic mass is 9.90. The Hall–Kier alpha value is -2.54. The molecule has 7 nitrogen and oxygen atoms in total. The van der Waals surface area contributed by atoms with Crippen LogP contribution in [-0.2, 0) is 20.8 Å². The van der Waals surface area contributed by atoms with Crippen molar-refractivity contribution in [2.45, 2.75) is 71.6 Å². The standard InChI is InChI=1S/C23H33NO6/c1-16(2)13-19(23(28)29)15-21(26)18-11-9-17(10-12-18)14-20(25)7-5-3-4-6-8-22(27)24-30/h9-12,16,19,30H,3-8,13-15H2,1-2H3,(H,24,27)(H,28,29)/t19-/m1/s1. The zero-order chi connectivity index (χ0) is 22.5. The van der Waals surface area contributed by atoms with E-state index in [0.717, 1.165) is 24.8 Å². The van der Waals surface area contributed by atoms with Crippen molar-refractivity contribution < 1.29 is 29.5 Å². The molecule has 1 rings (SSSR count). The minimum absolute atomic E-state index is 0.0221. The minimum atomic E-state index is -0.948. The van der Waals surface area contributed by atoms with Gasteiger partial charge in [0, 0.05) is 31.2 Å². The summed E-state index contributed by atoms with van der Waals surface area (Å²) < 4.78 is 0. The largest absolute Gasteiger partial charge is 0.481 e. The molecule has 0 aromatic heterocycles. The van der Waals surface area contributed by atoms with Gasteiger partial charge in [-0.1, -0.05) is 51.0 Å². The second kappa shape index (κ2) is 13.6. The first kappa shape index (κ1) is 25.5. The summed E-state index contributed by atoms with van der Waals surface area (Å²) in [5.74, 6) is -1.91. The first-order valence-electron chi connectivity index (χ1n) is 10.5. The van der Waals surface area contributed by atoms with Gasteiger partial charge in [0.15, 0.2) is 5.78 Å². The average molecular weight is 420 g/mol. The van der Waals surface area contributed by atoms with Crippen LogP contribution in [0, 0.1) is 11.8 Å². The zero-order valence-electron chi connectivity index (χ0n) is 17.9. The quantitative estimate of drug-likeness (QED) is 0.171. The fraction of sp³-hybridized carbons (Fsp3) is 0.565. The van der Waals surface area contributed by atoms with E-state index in [-0.39, 0.29) is 30.3 Å². The fourth-order valence-electron chi connectivity index (χ4n) is 3.32. The van der Waals surface area contributed by atoms with Crippen LogP contribution < -0.4 is 5.48 Å². The van der Waals surface area contributed by atoms with Gasteiger partial charge >= 0.3 is 5.97 Å². The molecule has 0 saturated heterocycles. The molecule has 0 radical (unpaired) electrons. The summed E-state index contributed by atoms with van der Waals surface area (Å²) in [7, 11) is 0. The number of nitrogens with one attached hydrogen (secondary N) is 1. The van der Waals surface area contributed by atoms with Crippen LogP contribution in [0.5, 0.6) is 0 Å². The average Bonchev–Trinajstić information content (AvgIpc) is 2.69. The molecule has 1 aromatic carbocycles. The summed E-state index contributed by atoms with van der Waals surface area (Å²) in [6, 6.07) is 6.81. The number of unbranched alkanes of at least 4 members (excludes halogenated alkanes) is 3. The monoisotopic (exact) mass is 419 g/mol. The molecule has 0 heterocycles. The van der Waals surface area contributed by atoms with Gasteiger partial charge < -0.3 is 5.11 Å². The molecule has 7 heteroatoms. The van der Waals surface area contributed by atoms with E-state index in [4.69, 9.17) is 5.21 Å². The lowest BCUT2D eigenvalue weighted by molar-refractivity contribution is -0.142. The second-order valence-corrected chi connectivity index (χ2v) is 8.15. The van der Waals surface area contributed by atoms with Gasteiger partial charge in [-0.25, -0.2) is 5.48 Å². The number of carbonyl (C=O) groups is 4. The molecule has 0 bridgehead atoms. The van der Waals surface area contributed by atoms with Gasteiger partial charge in [0.05, 0.1) is 5.92 Å². The molecule has 1 atom stereocenters. The molecular weight excluding hydrogens is 386 g/mol. The number of hydrogen-bond donors (Lipinski definition) is 3. The van der Waals surface area contributed by atoms with E-state index in [9.17, 15) is 24.3 Å². The Morgan fingerprint density at radius 3 is 2.07 bits per heavy atom. The summed E-state index contributed by atoms with van der Waals surface area (Å²) in [5.41, 5.74) is 2.89. The molecule has 0 aliphatic carbocycles. The number of hydrogen-bond acceptors (Lipinski definition) is 5. The third-order valence-corrected chi connectivity index (χ3v) is 4.95. The Kier molecular flexibility index (Phi) is 11.6. The summed E-state index contributed by atoms with van der Waals surface area (Å²) in [4.78, 5) is 46.7. The molecule has 0 aliphatic heterocycles. The number of hydroxylamine groups is 1. The minimum Gasteiger partial charge on any atom is -0.481 e. The van der Waals surface area contributed by atoms with Crippen molar-refractivity contribution in [3.05, 3.63) is 35.4 Å². The van der Waals surface area contributed by atoms with E-state index in [2.05, 4.69) is 0 Å². The smallest absolute Gasteiger partial charge is 0.306 e. The van der Waals surface area contributed by atoms with E-state index in [1.54, 1.807) is 29.7 Å². The number of carboxylic acid groups (broad SMARTS) is 1. The van der Waals surface area contributed by atoms with Crippen LogP contribution in [0.1, 0.15) is 81.1 Å². The first-order chi connectivity index (χ1) is 14.2. The number of ketones is 2. The SMILES string of the molecule is CC(C)C[C@H](CC(=O)c1ccc(CC(=O)CCCCCCC(=O)NO)cc1)C(=O)O. The predicted molar refractivity (Wildman–Crippen MR) is 112 cm³/mol. The van der Waals surface area contributed by atoms with Crippen molar-refractivity contribution in [1.82, 2.24) is 5.48 Å². The van der Waals surface area contributed by atoms with Crippen molar-refractivity contribution in [1.29, 1.82) is 0 Å². The molecule has 0 aliphatic rings. The summed E-state index contributed by atoms with van der Waals surface area (Å²) in [5, 5.41) is 17.7. The van der Waals surface area contributed by atoms with E-state index < -0.39 is 17.8 Å². The van der Waals surface area contributed by atoms with Crippen molar-refractivity contribution in [2.24, 2.45) is 11.8 Å². The lowest BCUT2D eigenvalue weighted by Gasteiger charge is -2.14. The Morgan fingerprint density at radius 1 is 0.933 bits per heavy atom. The van der Waals surface area contributed by atoms with Crippen LogP contribution in [0.25, 0.3) is 0 Å². The highest BCUT2D eigenvalue weighted by atomic mass is 16.5. The molecule has 30 heavy (non-hydrogen) atoms. The first-order valence-corrected chi connectivity index (χ1v) is 10.5. The van der Waals surface area contributed by atoms with Gasteiger partial charge in [0.2, 0.25) is 5.91 Å². The van der Waals surface area contributed by atoms with Gasteiger partial charge in [0.1, 0.15) is 5.78 Å². The van der Waals surface area contributed by atoms with Gasteiger partial charge in [-0.2, -0.15) is 0 Å². The maximum Gasteiger partial charge on any atom is 0.306 e. The molecule has 3 N–H and O–H groups in total. The number of aliphatic carboxylic acids is 1. The second-order valence-electron chi connectivity index (χ2n) is 8.15. The number of benzene rings is 1. The van der Waals surface area contributed by atoms with E-state index >= 15 is 0 Å². The Labute approximate surface area is 177 Å². The molecular formula is C23H33NO6. The Bertz CT molecular complexity index is 711. The third kappa shape index (κ3) is 10.3. The third-order valence-electron chi connectivity index (χ3n) is 4.95. The van der Waals surface area contributed by atoms with Crippen LogP contribution >= 0.6 is 0 Å². The molecule has 1 aromatic rings. The van der Waals surface area contributed by atoms with Crippen molar-refractivity contribution in [3.8, 4) is 0 Å². The normalized spacial score (nSPS) is 11.9. The number of carbonyl (C=O) groups excluding carboxylic acids is 3. The zero-order valence-corrected chi connectivity index (χ0v) is 17.9. The van der Waals surface area contributed by atoms with Crippen LogP contribution in [0.15, 0.2) is 24.3 Å². The maximum absolute atomic E-state index is 12.4. The maximum atomic E-state index is 12.4. The lowest BCUT2D eigenvalue weighted by Crippen LogP contribution is -2.20. The topological polar surface area (TPSA) is 121 Å². The van der Waals surface area contributed by atoms with Crippen LogP contribution in [-0.4, -0.2) is 33.8 Å². The summed E-state index contributed by atoms with van der Waals surface area (Å²) in [6.07, 6.45) is 4.58. The van der Waals surface area contributed by atoms with Crippen molar-refractivity contribution >= 4 is 23.4 Å². The van der Waals surface area contributed by atoms with Crippen molar-refractivity contribution in [3.63, 3.8) is 0 Å². The Balaban J connectivity index is 2.41. The highest BCUT2D eigenvalue weighted by molar-refractivity contribution is 5.98. The van der Waals surface area contributed by atoms with Crippen LogP contribution in [0.2, 0.25) is 0 Å². The van der Waals surface area contributed by atoms with Crippen LogP contribution in [0.4, 0.5) is 0 Å². The molecule has 0 spiro atoms. The summed E-state index contributed by atoms with van der Waals surface area (Å²) >= 11 is 0. The molecule has 0 fully saturated rings. The van der Waals surface area contributed by atoms with Gasteiger partial charge in [-0.05, 0) is 30.7 Å². The van der Waals surface area contributed by atoms with Gasteiger partial charge in [-0.15, -0.1) is 0 Å². The van der Waals surface area contributed by atoms with Crippen LogP contribution in [0.3, 0.4) is 0 Å². The van der Waals surface area contributed by atoms with Gasteiger partial charge in [-0.3, -0.25) is 24.4 Å². The Morgan fingerprint density at radius 2 is 1.53 bits per heavy atom.